The fourth-order valence-electron chi connectivity index (χ4n) is 3.37. The van der Waals surface area contributed by atoms with Gasteiger partial charge < -0.3 is 16.4 Å². The lowest BCUT2D eigenvalue weighted by atomic mass is 10.0. The van der Waals surface area contributed by atoms with Gasteiger partial charge in [-0.2, -0.15) is 0 Å². The highest BCUT2D eigenvalue weighted by Crippen LogP contribution is 2.23. The molecule has 0 radical (unpaired) electrons. The van der Waals surface area contributed by atoms with E-state index in [1.165, 1.54) is 16.0 Å². The third kappa shape index (κ3) is 5.55. The Labute approximate surface area is 181 Å². The molecule has 30 heavy (non-hydrogen) atoms. The summed E-state index contributed by atoms with van der Waals surface area (Å²) >= 11 is 1.70. The number of nitrogens with two attached hydrogens (primary N) is 2. The first-order valence-corrected chi connectivity index (χ1v) is 11.0. The molecule has 0 aliphatic rings. The second-order valence-corrected chi connectivity index (χ2v) is 8.38. The monoisotopic (exact) mass is 422 g/mol. The van der Waals surface area contributed by atoms with Crippen LogP contribution in [0.3, 0.4) is 0 Å². The average molecular weight is 423 g/mol. The summed E-state index contributed by atoms with van der Waals surface area (Å²) in [7, 11) is 0. The lowest BCUT2D eigenvalue weighted by Crippen LogP contribution is -2.92. The number of hydrogen-bond donors (Lipinski definition) is 3. The van der Waals surface area contributed by atoms with Crippen molar-refractivity contribution in [3.05, 3.63) is 87.6 Å². The molecule has 1 aromatic heterocycles. The second-order valence-electron chi connectivity index (χ2n) is 7.40. The van der Waals surface area contributed by atoms with Crippen molar-refractivity contribution >= 4 is 28.8 Å². The molecular formula is C24H28N3O2S+. The predicted octanol–water partition coefficient (Wildman–Crippen LogP) is 3.48. The first kappa shape index (κ1) is 21.7. The van der Waals surface area contributed by atoms with Crippen LogP contribution >= 0.6 is 11.3 Å². The van der Waals surface area contributed by atoms with Crippen LogP contribution in [0.25, 0.3) is 0 Å². The van der Waals surface area contributed by atoms with Crippen molar-refractivity contribution in [1.82, 2.24) is 0 Å². The molecule has 0 bridgehead atoms. The van der Waals surface area contributed by atoms with Crippen LogP contribution in [0.2, 0.25) is 0 Å². The second kappa shape index (κ2) is 10.2. The van der Waals surface area contributed by atoms with E-state index in [2.05, 4.69) is 53.3 Å². The molecule has 3 aromatic rings. The van der Waals surface area contributed by atoms with Gasteiger partial charge in [-0.3, -0.25) is 9.59 Å². The Bertz CT molecular complexity index is 967. The number of hydrogen-bond acceptors (Lipinski definition) is 3. The number of quaternary nitrogens is 1. The van der Waals surface area contributed by atoms with Gasteiger partial charge in [0, 0.05) is 16.8 Å². The van der Waals surface area contributed by atoms with Gasteiger partial charge in [-0.15, -0.1) is 11.3 Å². The molecule has 3 rings (SSSR count). The lowest BCUT2D eigenvalue weighted by molar-refractivity contribution is -0.703. The molecule has 0 unspecified atom stereocenters. The minimum Gasteiger partial charge on any atom is -0.366 e. The number of carbonyl (C=O) groups excluding carboxylic acids is 2. The zero-order valence-electron chi connectivity index (χ0n) is 17.3. The van der Waals surface area contributed by atoms with Crippen molar-refractivity contribution < 1.29 is 14.9 Å². The summed E-state index contributed by atoms with van der Waals surface area (Å²) in [6.07, 6.45) is 2.19. The maximum atomic E-state index is 12.8. The van der Waals surface area contributed by atoms with Crippen molar-refractivity contribution in [2.24, 2.45) is 5.73 Å². The van der Waals surface area contributed by atoms with E-state index in [0.29, 0.717) is 11.3 Å². The highest BCUT2D eigenvalue weighted by Gasteiger charge is 2.25. The van der Waals surface area contributed by atoms with Gasteiger partial charge in [0.15, 0.2) is 6.04 Å². The van der Waals surface area contributed by atoms with Gasteiger partial charge in [-0.1, -0.05) is 43.7 Å². The van der Waals surface area contributed by atoms with Crippen molar-refractivity contribution in [3.63, 3.8) is 0 Å². The third-order valence-electron chi connectivity index (χ3n) is 5.06. The summed E-state index contributed by atoms with van der Waals surface area (Å²) in [6, 6.07) is 19.2. The zero-order valence-corrected chi connectivity index (χ0v) is 18.1. The number of aryl methyl sites for hydroxylation is 1. The van der Waals surface area contributed by atoms with Crippen LogP contribution < -0.4 is 16.4 Å². The topological polar surface area (TPSA) is 88.8 Å². The highest BCUT2D eigenvalue weighted by molar-refractivity contribution is 7.10. The standard InChI is InChI=1S/C24H27N3O2S/c1-3-5-17-7-9-18(10-8-17)22(21-6-4-15-30-21)26-16(2)24(29)27-20-13-11-19(12-14-20)23(25)28/h4,6-16,22,26H,3,5H2,1-2H3,(H2,25,28)(H,27,29)/p+1/t16-,22+/m0/s1. The van der Waals surface area contributed by atoms with Crippen molar-refractivity contribution in [1.29, 1.82) is 0 Å². The number of benzene rings is 2. The minimum atomic E-state index is -0.488. The summed E-state index contributed by atoms with van der Waals surface area (Å²) in [5.41, 5.74) is 8.83. The number of thiophene rings is 1. The SMILES string of the molecule is CCCc1ccc([C@@H]([NH2+][C@@H](C)C(=O)Nc2ccc(C(N)=O)cc2)c2cccs2)cc1. The number of rotatable bonds is 9. The van der Waals surface area contributed by atoms with Gasteiger partial charge in [-0.25, -0.2) is 0 Å². The van der Waals surface area contributed by atoms with E-state index in [-0.39, 0.29) is 18.0 Å². The van der Waals surface area contributed by atoms with E-state index in [1.54, 1.807) is 35.6 Å². The fraction of sp³-hybridized carbons (Fsp3) is 0.250. The average Bonchev–Trinajstić information content (AvgIpc) is 3.27. The largest absolute Gasteiger partial charge is 0.366 e. The van der Waals surface area contributed by atoms with Gasteiger partial charge >= 0.3 is 0 Å². The molecule has 6 heteroatoms. The Morgan fingerprint density at radius 2 is 1.77 bits per heavy atom. The normalized spacial score (nSPS) is 12.9. The molecule has 5 N–H and O–H groups in total. The molecule has 1 heterocycles. The van der Waals surface area contributed by atoms with Crippen LogP contribution in [0, 0.1) is 0 Å². The lowest BCUT2D eigenvalue weighted by Gasteiger charge is -2.20. The number of nitrogens with one attached hydrogen (secondary N) is 1. The summed E-state index contributed by atoms with van der Waals surface area (Å²) < 4.78 is 0. The van der Waals surface area contributed by atoms with E-state index in [1.807, 2.05) is 13.0 Å². The Morgan fingerprint density at radius 3 is 2.33 bits per heavy atom. The van der Waals surface area contributed by atoms with Crippen LogP contribution in [0.15, 0.2) is 66.0 Å². The molecule has 0 aliphatic heterocycles. The van der Waals surface area contributed by atoms with Gasteiger partial charge in [0.1, 0.15) is 6.04 Å². The number of amides is 2. The van der Waals surface area contributed by atoms with Crippen molar-refractivity contribution in [3.8, 4) is 0 Å². The van der Waals surface area contributed by atoms with Crippen LogP contribution in [0.4, 0.5) is 5.69 Å². The Morgan fingerprint density at radius 1 is 1.07 bits per heavy atom. The predicted molar refractivity (Wildman–Crippen MR) is 122 cm³/mol. The smallest absolute Gasteiger partial charge is 0.282 e. The zero-order chi connectivity index (χ0) is 21.5. The van der Waals surface area contributed by atoms with E-state index >= 15 is 0 Å². The van der Waals surface area contributed by atoms with Crippen molar-refractivity contribution in [2.75, 3.05) is 5.32 Å². The summed E-state index contributed by atoms with van der Waals surface area (Å²) in [4.78, 5) is 25.2. The number of primary amides is 1. The maximum absolute atomic E-state index is 12.8. The van der Waals surface area contributed by atoms with E-state index < -0.39 is 5.91 Å². The van der Waals surface area contributed by atoms with Crippen LogP contribution in [0.1, 0.15) is 52.7 Å². The van der Waals surface area contributed by atoms with Crippen molar-refractivity contribution in [2.45, 2.75) is 38.8 Å². The summed E-state index contributed by atoms with van der Waals surface area (Å²) in [5, 5.41) is 7.07. The number of anilines is 1. The molecule has 5 nitrogen and oxygen atoms in total. The Hall–Kier alpha value is -2.96. The van der Waals surface area contributed by atoms with Crippen LogP contribution in [-0.2, 0) is 11.2 Å². The van der Waals surface area contributed by atoms with Crippen LogP contribution in [-0.4, -0.2) is 17.9 Å². The molecule has 2 aromatic carbocycles. The third-order valence-corrected chi connectivity index (χ3v) is 6.01. The molecular weight excluding hydrogens is 394 g/mol. The van der Waals surface area contributed by atoms with Gasteiger partial charge in [-0.05, 0) is 54.6 Å². The Balaban J connectivity index is 1.72. The van der Waals surface area contributed by atoms with Gasteiger partial charge in [0.05, 0.1) is 4.88 Å². The Kier molecular flexibility index (Phi) is 7.38. The molecule has 0 saturated heterocycles. The molecule has 2 amide bonds. The quantitative estimate of drug-likeness (QED) is 0.493. The summed E-state index contributed by atoms with van der Waals surface area (Å²) in [5.74, 6) is -0.579. The maximum Gasteiger partial charge on any atom is 0.282 e. The van der Waals surface area contributed by atoms with E-state index in [0.717, 1.165) is 12.8 Å². The molecule has 0 aliphatic carbocycles. The molecule has 156 valence electrons. The molecule has 0 saturated carbocycles. The molecule has 0 fully saturated rings. The first-order valence-electron chi connectivity index (χ1n) is 10.2. The fourth-order valence-corrected chi connectivity index (χ4v) is 4.20. The molecule has 2 atom stereocenters. The summed E-state index contributed by atoms with van der Waals surface area (Å²) in [6.45, 7) is 4.08. The first-order chi connectivity index (χ1) is 14.5. The highest BCUT2D eigenvalue weighted by atomic mass is 32.1. The van der Waals surface area contributed by atoms with E-state index in [9.17, 15) is 9.59 Å². The number of carbonyl (C=O) groups is 2. The van der Waals surface area contributed by atoms with Gasteiger partial charge in [0.2, 0.25) is 5.91 Å². The van der Waals surface area contributed by atoms with Crippen LogP contribution in [0.5, 0.6) is 0 Å². The minimum absolute atomic E-state index is 0.0543. The van der Waals surface area contributed by atoms with Gasteiger partial charge in [0.25, 0.3) is 5.91 Å². The molecule has 0 spiro atoms. The van der Waals surface area contributed by atoms with E-state index in [4.69, 9.17) is 5.73 Å².